The maximum atomic E-state index is 11.8. The number of anilines is 1. The van der Waals surface area contributed by atoms with Crippen molar-refractivity contribution in [3.8, 4) is 0 Å². The summed E-state index contributed by atoms with van der Waals surface area (Å²) in [7, 11) is 0. The Morgan fingerprint density at radius 1 is 1.39 bits per heavy atom. The number of amides is 1. The molecular weight excluding hydrogens is 224 g/mol. The Morgan fingerprint density at radius 2 is 2.06 bits per heavy atom. The number of carbonyl (C=O) groups is 1. The molecule has 0 bridgehead atoms. The molecule has 0 spiro atoms. The molecule has 1 heterocycles. The second-order valence-corrected chi connectivity index (χ2v) is 5.29. The van der Waals surface area contributed by atoms with E-state index in [0.717, 1.165) is 29.7 Å². The van der Waals surface area contributed by atoms with E-state index in [0.29, 0.717) is 0 Å². The van der Waals surface area contributed by atoms with Gasteiger partial charge in [0.25, 0.3) is 0 Å². The monoisotopic (exact) mass is 246 g/mol. The largest absolute Gasteiger partial charge is 0.325 e. The Bertz CT molecular complexity index is 494. The lowest BCUT2D eigenvalue weighted by molar-refractivity contribution is -0.116. The Morgan fingerprint density at radius 3 is 2.67 bits per heavy atom. The molecule has 1 amide bonds. The van der Waals surface area contributed by atoms with Crippen LogP contribution >= 0.6 is 0 Å². The minimum atomic E-state index is -0.0631. The zero-order valence-electron chi connectivity index (χ0n) is 11.6. The van der Waals surface area contributed by atoms with Crippen LogP contribution in [0.25, 0.3) is 0 Å². The molecule has 3 N–H and O–H groups in total. The average molecular weight is 246 g/mol. The lowest BCUT2D eigenvalue weighted by Crippen LogP contribution is -2.13. The van der Waals surface area contributed by atoms with Crippen molar-refractivity contribution in [3.05, 3.63) is 28.3 Å². The van der Waals surface area contributed by atoms with Gasteiger partial charge in [-0.3, -0.25) is 4.79 Å². The van der Waals surface area contributed by atoms with Crippen LogP contribution in [-0.2, 0) is 4.79 Å². The van der Waals surface area contributed by atoms with E-state index in [1.807, 2.05) is 6.92 Å². The quantitative estimate of drug-likeness (QED) is 0.860. The van der Waals surface area contributed by atoms with Gasteiger partial charge in [-0.25, -0.2) is 0 Å². The number of fused-ring (bicyclic) bond motifs is 1. The van der Waals surface area contributed by atoms with Gasteiger partial charge in [0.15, 0.2) is 0 Å². The highest BCUT2D eigenvalue weighted by Gasteiger charge is 2.29. The van der Waals surface area contributed by atoms with Gasteiger partial charge in [-0.1, -0.05) is 19.4 Å². The summed E-state index contributed by atoms with van der Waals surface area (Å²) < 4.78 is 0. The van der Waals surface area contributed by atoms with Crippen LogP contribution in [0.15, 0.2) is 6.07 Å². The molecule has 1 aliphatic heterocycles. The molecule has 2 rings (SSSR count). The zero-order chi connectivity index (χ0) is 13.4. The van der Waals surface area contributed by atoms with Crippen LogP contribution < -0.4 is 11.1 Å². The first-order valence-corrected chi connectivity index (χ1v) is 6.67. The van der Waals surface area contributed by atoms with Gasteiger partial charge in [0.1, 0.15) is 0 Å². The van der Waals surface area contributed by atoms with Crippen LogP contribution in [0.1, 0.15) is 60.9 Å². The summed E-state index contributed by atoms with van der Waals surface area (Å²) >= 11 is 0. The van der Waals surface area contributed by atoms with E-state index in [4.69, 9.17) is 5.73 Å². The molecule has 18 heavy (non-hydrogen) atoms. The lowest BCUT2D eigenvalue weighted by atomic mass is 9.89. The van der Waals surface area contributed by atoms with Gasteiger partial charge in [-0.15, -0.1) is 0 Å². The second kappa shape index (κ2) is 4.73. The molecule has 0 saturated heterocycles. The smallest absolute Gasteiger partial charge is 0.231 e. The van der Waals surface area contributed by atoms with Crippen molar-refractivity contribution in [2.45, 2.75) is 52.5 Å². The maximum Gasteiger partial charge on any atom is 0.231 e. The maximum absolute atomic E-state index is 11.8. The molecule has 1 aromatic carbocycles. The number of rotatable bonds is 3. The van der Waals surface area contributed by atoms with Crippen molar-refractivity contribution in [2.75, 3.05) is 5.32 Å². The molecule has 0 fully saturated rings. The number of hydrogen-bond donors (Lipinski definition) is 2. The van der Waals surface area contributed by atoms with E-state index < -0.39 is 0 Å². The van der Waals surface area contributed by atoms with Crippen molar-refractivity contribution in [2.24, 2.45) is 5.73 Å². The SMILES string of the molecule is CCCC(N)c1cc2c(c(C)c1C)NC(=O)C2C. The Hall–Kier alpha value is -1.35. The second-order valence-electron chi connectivity index (χ2n) is 5.29. The molecule has 1 aromatic rings. The van der Waals surface area contributed by atoms with Gasteiger partial charge in [-0.2, -0.15) is 0 Å². The van der Waals surface area contributed by atoms with Crippen molar-refractivity contribution < 1.29 is 4.79 Å². The van der Waals surface area contributed by atoms with Crippen molar-refractivity contribution in [3.63, 3.8) is 0 Å². The Balaban J connectivity index is 2.52. The summed E-state index contributed by atoms with van der Waals surface area (Å²) in [6.45, 7) is 8.25. The van der Waals surface area contributed by atoms with Gasteiger partial charge in [0.05, 0.1) is 5.92 Å². The highest BCUT2D eigenvalue weighted by atomic mass is 16.2. The predicted octanol–water partition coefficient (Wildman–Crippen LogP) is 3.16. The lowest BCUT2D eigenvalue weighted by Gasteiger charge is -2.19. The Labute approximate surface area is 109 Å². The number of nitrogens with two attached hydrogens (primary N) is 1. The summed E-state index contributed by atoms with van der Waals surface area (Å²) in [6.07, 6.45) is 2.05. The molecule has 2 atom stereocenters. The zero-order valence-corrected chi connectivity index (χ0v) is 11.6. The van der Waals surface area contributed by atoms with Crippen LogP contribution in [0.5, 0.6) is 0 Å². The molecule has 0 aromatic heterocycles. The van der Waals surface area contributed by atoms with E-state index in [1.54, 1.807) is 0 Å². The number of benzene rings is 1. The fourth-order valence-electron chi connectivity index (χ4n) is 2.70. The normalized spacial score (nSPS) is 19.6. The van der Waals surface area contributed by atoms with Crippen LogP contribution in [0.4, 0.5) is 5.69 Å². The molecular formula is C15H22N2O. The molecule has 2 unspecified atom stereocenters. The van der Waals surface area contributed by atoms with Gasteiger partial charge in [-0.05, 0) is 49.4 Å². The van der Waals surface area contributed by atoms with Crippen LogP contribution in [0.2, 0.25) is 0 Å². The summed E-state index contributed by atoms with van der Waals surface area (Å²) in [5, 5.41) is 2.97. The van der Waals surface area contributed by atoms with Crippen LogP contribution in [0.3, 0.4) is 0 Å². The van der Waals surface area contributed by atoms with Gasteiger partial charge < -0.3 is 11.1 Å². The minimum absolute atomic E-state index is 0.0631. The molecule has 98 valence electrons. The number of hydrogen-bond acceptors (Lipinski definition) is 2. The summed E-state index contributed by atoms with van der Waals surface area (Å²) in [5.74, 6) is 0.0283. The van der Waals surface area contributed by atoms with Crippen molar-refractivity contribution in [1.29, 1.82) is 0 Å². The first-order chi connectivity index (χ1) is 8.47. The summed E-state index contributed by atoms with van der Waals surface area (Å²) in [5.41, 5.74) is 11.9. The fraction of sp³-hybridized carbons (Fsp3) is 0.533. The van der Waals surface area contributed by atoms with E-state index in [2.05, 4.69) is 32.2 Å². The molecule has 3 nitrogen and oxygen atoms in total. The molecule has 3 heteroatoms. The fourth-order valence-corrected chi connectivity index (χ4v) is 2.70. The average Bonchev–Trinajstić information content (AvgIpc) is 2.61. The molecule has 1 aliphatic rings. The van der Waals surface area contributed by atoms with E-state index >= 15 is 0 Å². The van der Waals surface area contributed by atoms with Gasteiger partial charge >= 0.3 is 0 Å². The Kier molecular flexibility index (Phi) is 3.44. The third kappa shape index (κ3) is 1.93. The topological polar surface area (TPSA) is 55.1 Å². The van der Waals surface area contributed by atoms with Gasteiger partial charge in [0, 0.05) is 11.7 Å². The first-order valence-electron chi connectivity index (χ1n) is 6.67. The third-order valence-electron chi connectivity index (χ3n) is 4.08. The summed E-state index contributed by atoms with van der Waals surface area (Å²) in [6, 6.07) is 2.20. The molecule has 0 radical (unpaired) electrons. The standard InChI is InChI=1S/C15H22N2O/c1-5-6-13(16)11-7-12-10(4)15(18)17-14(12)9(3)8(11)2/h7,10,13H,5-6,16H2,1-4H3,(H,17,18). The van der Waals surface area contributed by atoms with E-state index in [1.165, 1.54) is 11.1 Å². The molecule has 0 aliphatic carbocycles. The van der Waals surface area contributed by atoms with Crippen LogP contribution in [-0.4, -0.2) is 5.91 Å². The highest BCUT2D eigenvalue weighted by molar-refractivity contribution is 6.03. The summed E-state index contributed by atoms with van der Waals surface area (Å²) in [4.78, 5) is 11.8. The van der Waals surface area contributed by atoms with E-state index in [-0.39, 0.29) is 17.9 Å². The number of carbonyl (C=O) groups excluding carboxylic acids is 1. The highest BCUT2D eigenvalue weighted by Crippen LogP contribution is 2.39. The van der Waals surface area contributed by atoms with E-state index in [9.17, 15) is 4.79 Å². The third-order valence-corrected chi connectivity index (χ3v) is 4.08. The predicted molar refractivity (Wildman–Crippen MR) is 74.8 cm³/mol. The van der Waals surface area contributed by atoms with Crippen molar-refractivity contribution >= 4 is 11.6 Å². The first kappa shape index (κ1) is 13.1. The van der Waals surface area contributed by atoms with Crippen LogP contribution in [0, 0.1) is 13.8 Å². The minimum Gasteiger partial charge on any atom is -0.325 e. The molecule has 0 saturated carbocycles. The number of nitrogens with one attached hydrogen (secondary N) is 1. The van der Waals surface area contributed by atoms with Crippen molar-refractivity contribution in [1.82, 2.24) is 0 Å². The van der Waals surface area contributed by atoms with Gasteiger partial charge in [0.2, 0.25) is 5.91 Å².